The minimum atomic E-state index is 0.0368. The lowest BCUT2D eigenvalue weighted by Gasteiger charge is -2.34. The van der Waals surface area contributed by atoms with Crippen LogP contribution in [0.5, 0.6) is 5.75 Å². The molecule has 25 heavy (non-hydrogen) atoms. The number of rotatable bonds is 5. The van der Waals surface area contributed by atoms with Crippen LogP contribution in [0.15, 0.2) is 36.7 Å². The van der Waals surface area contributed by atoms with Crippen LogP contribution in [-0.4, -0.2) is 58.5 Å². The molecule has 6 heteroatoms. The number of aryl methyl sites for hydroxylation is 2. The molecule has 0 bridgehead atoms. The third kappa shape index (κ3) is 5.00. The van der Waals surface area contributed by atoms with E-state index in [2.05, 4.69) is 20.9 Å². The predicted octanol–water partition coefficient (Wildman–Crippen LogP) is 1.82. The lowest BCUT2D eigenvalue weighted by atomic mass is 10.1. The second-order valence-corrected chi connectivity index (χ2v) is 6.43. The SMILES string of the molecule is Cc1cc(C)cc(OCC(=O)N2CCN(Cc3ncccn3)CC2)c1. The van der Waals surface area contributed by atoms with E-state index in [4.69, 9.17) is 4.74 Å². The minimum absolute atomic E-state index is 0.0368. The number of amides is 1. The first-order valence-corrected chi connectivity index (χ1v) is 8.57. The van der Waals surface area contributed by atoms with Gasteiger partial charge >= 0.3 is 0 Å². The molecule has 1 amide bonds. The summed E-state index contributed by atoms with van der Waals surface area (Å²) in [6.45, 7) is 7.94. The Labute approximate surface area is 148 Å². The summed E-state index contributed by atoms with van der Waals surface area (Å²) in [6.07, 6.45) is 3.51. The normalized spacial score (nSPS) is 15.2. The molecule has 1 aromatic carbocycles. The number of hydrogen-bond donors (Lipinski definition) is 0. The third-order valence-corrected chi connectivity index (χ3v) is 4.27. The summed E-state index contributed by atoms with van der Waals surface area (Å²) in [4.78, 5) is 25.0. The molecule has 3 rings (SSSR count). The highest BCUT2D eigenvalue weighted by Crippen LogP contribution is 2.16. The zero-order valence-corrected chi connectivity index (χ0v) is 14.8. The van der Waals surface area contributed by atoms with Crippen LogP contribution < -0.4 is 4.74 Å². The van der Waals surface area contributed by atoms with Crippen LogP contribution in [-0.2, 0) is 11.3 Å². The van der Waals surface area contributed by atoms with Crippen LogP contribution >= 0.6 is 0 Å². The Balaban J connectivity index is 1.45. The van der Waals surface area contributed by atoms with Gasteiger partial charge in [0.15, 0.2) is 6.61 Å². The van der Waals surface area contributed by atoms with Crippen molar-refractivity contribution in [3.8, 4) is 5.75 Å². The van der Waals surface area contributed by atoms with E-state index in [1.54, 1.807) is 12.4 Å². The van der Waals surface area contributed by atoms with Gasteiger partial charge < -0.3 is 9.64 Å². The Morgan fingerprint density at radius 2 is 1.68 bits per heavy atom. The van der Waals surface area contributed by atoms with E-state index in [-0.39, 0.29) is 12.5 Å². The number of benzene rings is 1. The fourth-order valence-electron chi connectivity index (χ4n) is 3.02. The van der Waals surface area contributed by atoms with Gasteiger partial charge in [-0.25, -0.2) is 9.97 Å². The zero-order valence-electron chi connectivity index (χ0n) is 14.8. The average molecular weight is 340 g/mol. The van der Waals surface area contributed by atoms with Crippen LogP contribution in [0.1, 0.15) is 17.0 Å². The second kappa shape index (κ2) is 8.07. The molecule has 6 nitrogen and oxygen atoms in total. The molecular weight excluding hydrogens is 316 g/mol. The monoisotopic (exact) mass is 340 g/mol. The van der Waals surface area contributed by atoms with E-state index < -0.39 is 0 Å². The highest BCUT2D eigenvalue weighted by molar-refractivity contribution is 5.77. The smallest absolute Gasteiger partial charge is 0.260 e. The number of nitrogens with zero attached hydrogens (tertiary/aromatic N) is 4. The van der Waals surface area contributed by atoms with Crippen molar-refractivity contribution < 1.29 is 9.53 Å². The molecule has 2 aromatic rings. The van der Waals surface area contributed by atoms with Gasteiger partial charge in [-0.15, -0.1) is 0 Å². The summed E-state index contributed by atoms with van der Waals surface area (Å²) < 4.78 is 5.68. The van der Waals surface area contributed by atoms with E-state index in [1.165, 1.54) is 0 Å². The van der Waals surface area contributed by atoms with E-state index in [0.717, 1.165) is 42.3 Å². The van der Waals surface area contributed by atoms with Gasteiger partial charge in [0.2, 0.25) is 0 Å². The van der Waals surface area contributed by atoms with Gasteiger partial charge in [-0.3, -0.25) is 9.69 Å². The van der Waals surface area contributed by atoms with Gasteiger partial charge in [-0.05, 0) is 43.2 Å². The molecule has 0 saturated carbocycles. The van der Waals surface area contributed by atoms with Crippen molar-refractivity contribution in [1.82, 2.24) is 19.8 Å². The maximum Gasteiger partial charge on any atom is 0.260 e. The maximum atomic E-state index is 12.4. The van der Waals surface area contributed by atoms with E-state index in [1.807, 2.05) is 36.9 Å². The largest absolute Gasteiger partial charge is 0.484 e. The van der Waals surface area contributed by atoms with Crippen molar-refractivity contribution in [3.05, 3.63) is 53.6 Å². The summed E-state index contributed by atoms with van der Waals surface area (Å²) in [5.41, 5.74) is 2.28. The van der Waals surface area contributed by atoms with Gasteiger partial charge in [-0.2, -0.15) is 0 Å². The molecule has 1 aliphatic heterocycles. The number of hydrogen-bond acceptors (Lipinski definition) is 5. The first-order valence-electron chi connectivity index (χ1n) is 8.57. The number of ether oxygens (including phenoxy) is 1. The lowest BCUT2D eigenvalue weighted by Crippen LogP contribution is -2.49. The zero-order chi connectivity index (χ0) is 17.6. The summed E-state index contributed by atoms with van der Waals surface area (Å²) in [5, 5.41) is 0. The molecule has 0 spiro atoms. The standard InChI is InChI=1S/C19H24N4O2/c1-15-10-16(2)12-17(11-15)25-14-19(24)23-8-6-22(7-9-23)13-18-20-4-3-5-21-18/h3-5,10-12H,6-9,13-14H2,1-2H3. The average Bonchev–Trinajstić information content (AvgIpc) is 2.60. The molecule has 0 radical (unpaired) electrons. The van der Waals surface area contributed by atoms with Crippen molar-refractivity contribution in [3.63, 3.8) is 0 Å². The molecule has 1 aliphatic rings. The molecular formula is C19H24N4O2. The summed E-state index contributed by atoms with van der Waals surface area (Å²) in [7, 11) is 0. The summed E-state index contributed by atoms with van der Waals surface area (Å²) in [5.74, 6) is 1.61. The summed E-state index contributed by atoms with van der Waals surface area (Å²) >= 11 is 0. The molecule has 1 aromatic heterocycles. The molecule has 132 valence electrons. The molecule has 1 saturated heterocycles. The molecule has 0 atom stereocenters. The first kappa shape index (κ1) is 17.4. The van der Waals surface area contributed by atoms with Crippen molar-refractivity contribution in [2.75, 3.05) is 32.8 Å². The maximum absolute atomic E-state index is 12.4. The van der Waals surface area contributed by atoms with E-state index >= 15 is 0 Å². The number of carbonyl (C=O) groups excluding carboxylic acids is 1. The van der Waals surface area contributed by atoms with E-state index in [0.29, 0.717) is 13.1 Å². The Bertz CT molecular complexity index is 692. The van der Waals surface area contributed by atoms with Crippen LogP contribution in [0.3, 0.4) is 0 Å². The Hall–Kier alpha value is -2.47. The number of aromatic nitrogens is 2. The van der Waals surface area contributed by atoms with Crippen LogP contribution in [0, 0.1) is 13.8 Å². The van der Waals surface area contributed by atoms with Crippen LogP contribution in [0.2, 0.25) is 0 Å². The molecule has 0 aliphatic carbocycles. The molecule has 0 unspecified atom stereocenters. The van der Waals surface area contributed by atoms with Gasteiger partial charge in [0.1, 0.15) is 11.6 Å². The Morgan fingerprint density at radius 3 is 2.32 bits per heavy atom. The topological polar surface area (TPSA) is 58.6 Å². The quantitative estimate of drug-likeness (QED) is 0.831. The van der Waals surface area contributed by atoms with Crippen molar-refractivity contribution in [2.45, 2.75) is 20.4 Å². The highest BCUT2D eigenvalue weighted by atomic mass is 16.5. The van der Waals surface area contributed by atoms with Gasteiger partial charge in [-0.1, -0.05) is 6.07 Å². The fourth-order valence-corrected chi connectivity index (χ4v) is 3.02. The van der Waals surface area contributed by atoms with Crippen molar-refractivity contribution in [1.29, 1.82) is 0 Å². The van der Waals surface area contributed by atoms with Crippen molar-refractivity contribution >= 4 is 5.91 Å². The van der Waals surface area contributed by atoms with Gasteiger partial charge in [0.05, 0.1) is 6.54 Å². The second-order valence-electron chi connectivity index (χ2n) is 6.43. The highest BCUT2D eigenvalue weighted by Gasteiger charge is 2.21. The predicted molar refractivity (Wildman–Crippen MR) is 95.3 cm³/mol. The van der Waals surface area contributed by atoms with Crippen LogP contribution in [0.4, 0.5) is 0 Å². The van der Waals surface area contributed by atoms with Crippen molar-refractivity contribution in [2.24, 2.45) is 0 Å². The van der Waals surface area contributed by atoms with Gasteiger partial charge in [0.25, 0.3) is 5.91 Å². The Morgan fingerprint density at radius 1 is 1.04 bits per heavy atom. The van der Waals surface area contributed by atoms with E-state index in [9.17, 15) is 4.79 Å². The molecule has 1 fully saturated rings. The fraction of sp³-hybridized carbons (Fsp3) is 0.421. The number of piperazine rings is 1. The summed E-state index contributed by atoms with van der Waals surface area (Å²) in [6, 6.07) is 7.82. The lowest BCUT2D eigenvalue weighted by molar-refractivity contribution is -0.135. The first-order chi connectivity index (χ1) is 12.1. The Kier molecular flexibility index (Phi) is 5.60. The van der Waals surface area contributed by atoms with Crippen LogP contribution in [0.25, 0.3) is 0 Å². The van der Waals surface area contributed by atoms with Gasteiger partial charge in [0, 0.05) is 38.6 Å². The molecule has 0 N–H and O–H groups in total. The molecule has 2 heterocycles. The third-order valence-electron chi connectivity index (χ3n) is 4.27. The number of carbonyl (C=O) groups is 1. The minimum Gasteiger partial charge on any atom is -0.484 e.